The molecule has 6 nitrogen and oxygen atoms in total. The average molecular weight is 289 g/mol. The fourth-order valence-corrected chi connectivity index (χ4v) is 2.03. The second kappa shape index (κ2) is 5.01. The van der Waals surface area contributed by atoms with Crippen LogP contribution in [0.4, 0.5) is 10.2 Å². The highest BCUT2D eigenvalue weighted by Gasteiger charge is 2.43. The van der Waals surface area contributed by atoms with E-state index < -0.39 is 17.3 Å². The van der Waals surface area contributed by atoms with Crippen molar-refractivity contribution in [3.8, 4) is 0 Å². The van der Waals surface area contributed by atoms with E-state index in [1.54, 1.807) is 25.1 Å². The van der Waals surface area contributed by atoms with E-state index in [0.717, 1.165) is 0 Å². The number of nitrogens with zero attached hydrogens (tertiary/aromatic N) is 2. The van der Waals surface area contributed by atoms with Crippen molar-refractivity contribution in [3.05, 3.63) is 48.0 Å². The zero-order valence-corrected chi connectivity index (χ0v) is 11.2. The summed E-state index contributed by atoms with van der Waals surface area (Å²) in [6.07, 6.45) is 1.51. The fourth-order valence-electron chi connectivity index (χ4n) is 2.03. The van der Waals surface area contributed by atoms with Gasteiger partial charge in [0.15, 0.2) is 5.82 Å². The minimum Gasteiger partial charge on any atom is -0.379 e. The van der Waals surface area contributed by atoms with Crippen LogP contribution in [0.5, 0.6) is 0 Å². The van der Waals surface area contributed by atoms with Gasteiger partial charge in [-0.1, -0.05) is 28.5 Å². The Bertz CT molecular complexity index is 699. The number of nitrogens with one attached hydrogen (secondary N) is 1. The van der Waals surface area contributed by atoms with E-state index in [4.69, 9.17) is 4.84 Å². The maximum Gasteiger partial charge on any atom is 0.272 e. The molecular weight excluding hydrogens is 277 g/mol. The molecule has 1 unspecified atom stereocenters. The lowest BCUT2D eigenvalue weighted by atomic mass is 9.95. The van der Waals surface area contributed by atoms with Crippen molar-refractivity contribution in [3.63, 3.8) is 0 Å². The molecule has 0 radical (unpaired) electrons. The van der Waals surface area contributed by atoms with Gasteiger partial charge in [-0.2, -0.15) is 0 Å². The van der Waals surface area contributed by atoms with Crippen LogP contribution in [0.25, 0.3) is 0 Å². The van der Waals surface area contributed by atoms with Crippen molar-refractivity contribution in [1.82, 2.24) is 5.16 Å². The fraction of sp³-hybridized carbons (Fsp3) is 0.214. The molecule has 2 aromatic rings. The monoisotopic (exact) mass is 289 g/mol. The molecule has 1 N–H and O–H groups in total. The van der Waals surface area contributed by atoms with Gasteiger partial charge in [-0.25, -0.2) is 4.39 Å². The number of benzene rings is 1. The average Bonchev–Trinajstić information content (AvgIpc) is 3.10. The Morgan fingerprint density at radius 2 is 2.19 bits per heavy atom. The summed E-state index contributed by atoms with van der Waals surface area (Å²) in [6.45, 7) is 1.58. The minimum absolute atomic E-state index is 0.164. The highest BCUT2D eigenvalue weighted by atomic mass is 19.1. The van der Waals surface area contributed by atoms with E-state index in [9.17, 15) is 9.18 Å². The minimum atomic E-state index is -1.21. The third-order valence-corrected chi connectivity index (χ3v) is 3.21. The van der Waals surface area contributed by atoms with Gasteiger partial charge in [-0.05, 0) is 13.0 Å². The Labute approximate surface area is 119 Å². The van der Waals surface area contributed by atoms with Gasteiger partial charge in [0.25, 0.3) is 5.91 Å². The van der Waals surface area contributed by atoms with E-state index in [1.807, 2.05) is 0 Å². The molecule has 7 heteroatoms. The van der Waals surface area contributed by atoms with Gasteiger partial charge >= 0.3 is 0 Å². The van der Waals surface area contributed by atoms with E-state index >= 15 is 0 Å². The van der Waals surface area contributed by atoms with E-state index in [2.05, 4.69) is 20.2 Å². The van der Waals surface area contributed by atoms with Crippen LogP contribution in [0.15, 0.2) is 46.3 Å². The highest BCUT2D eigenvalue weighted by Crippen LogP contribution is 2.28. The van der Waals surface area contributed by atoms with Gasteiger partial charge in [-0.15, -0.1) is 0 Å². The maximum atomic E-state index is 13.7. The topological polar surface area (TPSA) is 76.7 Å². The molecule has 0 aliphatic carbocycles. The van der Waals surface area contributed by atoms with Crippen LogP contribution < -0.4 is 5.32 Å². The van der Waals surface area contributed by atoms with Gasteiger partial charge < -0.3 is 14.7 Å². The number of carbonyl (C=O) groups is 1. The summed E-state index contributed by atoms with van der Waals surface area (Å²) in [5, 5.41) is 9.99. The molecule has 21 heavy (non-hydrogen) atoms. The molecular formula is C14H12FN3O3. The number of anilines is 1. The Morgan fingerprint density at radius 1 is 1.38 bits per heavy atom. The third kappa shape index (κ3) is 2.49. The quantitative estimate of drug-likeness (QED) is 0.940. The predicted molar refractivity (Wildman–Crippen MR) is 72.2 cm³/mol. The molecule has 1 amide bonds. The summed E-state index contributed by atoms with van der Waals surface area (Å²) in [5.74, 6) is -0.545. The molecule has 3 rings (SSSR count). The maximum absolute atomic E-state index is 13.7. The number of halogens is 1. The molecule has 0 saturated heterocycles. The molecule has 1 atom stereocenters. The number of amides is 1. The number of hydrogen-bond donors (Lipinski definition) is 1. The van der Waals surface area contributed by atoms with Crippen LogP contribution in [-0.2, 0) is 9.63 Å². The Balaban J connectivity index is 1.75. The van der Waals surface area contributed by atoms with Crippen LogP contribution in [0.3, 0.4) is 0 Å². The lowest BCUT2D eigenvalue weighted by Crippen LogP contribution is -2.40. The SMILES string of the molecule is CC1(C(=O)Nc2ccon2)CC(c2ccccc2F)=NO1. The molecule has 0 bridgehead atoms. The predicted octanol–water partition coefficient (Wildman–Crippen LogP) is 2.34. The molecule has 1 aromatic heterocycles. The largest absolute Gasteiger partial charge is 0.379 e. The van der Waals surface area contributed by atoms with Gasteiger partial charge in [0, 0.05) is 18.1 Å². The van der Waals surface area contributed by atoms with Crippen LogP contribution in [0, 0.1) is 5.82 Å². The molecule has 1 aromatic carbocycles. The summed E-state index contributed by atoms with van der Waals surface area (Å²) in [6, 6.07) is 7.73. The van der Waals surface area contributed by atoms with Gasteiger partial charge in [0.2, 0.25) is 5.60 Å². The molecule has 0 spiro atoms. The summed E-state index contributed by atoms with van der Waals surface area (Å²) in [4.78, 5) is 17.4. The summed E-state index contributed by atoms with van der Waals surface area (Å²) in [7, 11) is 0. The zero-order chi connectivity index (χ0) is 14.9. The Morgan fingerprint density at radius 3 is 2.90 bits per heavy atom. The van der Waals surface area contributed by atoms with Gasteiger partial charge in [-0.3, -0.25) is 4.79 Å². The lowest BCUT2D eigenvalue weighted by Gasteiger charge is -2.19. The second-order valence-corrected chi connectivity index (χ2v) is 4.86. The number of rotatable bonds is 3. The first kappa shape index (κ1) is 13.3. The van der Waals surface area contributed by atoms with Gasteiger partial charge in [0.1, 0.15) is 12.1 Å². The summed E-state index contributed by atoms with van der Waals surface area (Å²) < 4.78 is 18.4. The molecule has 1 aliphatic heterocycles. The molecule has 108 valence electrons. The first-order valence-corrected chi connectivity index (χ1v) is 6.30. The van der Waals surface area contributed by atoms with E-state index in [0.29, 0.717) is 11.3 Å². The zero-order valence-electron chi connectivity index (χ0n) is 11.2. The first-order chi connectivity index (χ1) is 10.1. The van der Waals surface area contributed by atoms with Crippen molar-refractivity contribution in [2.75, 3.05) is 5.32 Å². The Kier molecular flexibility index (Phi) is 3.17. The van der Waals surface area contributed by atoms with E-state index in [-0.39, 0.29) is 12.2 Å². The molecule has 0 fully saturated rings. The van der Waals surface area contributed by atoms with Crippen LogP contribution in [0.1, 0.15) is 18.9 Å². The van der Waals surface area contributed by atoms with Crippen molar-refractivity contribution in [2.24, 2.45) is 5.16 Å². The number of carbonyl (C=O) groups excluding carboxylic acids is 1. The highest BCUT2D eigenvalue weighted by molar-refractivity contribution is 6.07. The standard InChI is InChI=1S/C14H12FN3O3/c1-14(13(19)16-12-6-7-20-18-12)8-11(17-21-14)9-4-2-3-5-10(9)15/h2-7H,8H2,1H3,(H,16,18,19). The van der Waals surface area contributed by atoms with Crippen molar-refractivity contribution in [1.29, 1.82) is 0 Å². The normalized spacial score (nSPS) is 20.8. The van der Waals surface area contributed by atoms with Crippen molar-refractivity contribution >= 4 is 17.4 Å². The number of hydrogen-bond acceptors (Lipinski definition) is 5. The van der Waals surface area contributed by atoms with Crippen molar-refractivity contribution < 1.29 is 18.5 Å². The van der Waals surface area contributed by atoms with E-state index in [1.165, 1.54) is 18.4 Å². The van der Waals surface area contributed by atoms with Crippen LogP contribution >= 0.6 is 0 Å². The smallest absolute Gasteiger partial charge is 0.272 e. The first-order valence-electron chi connectivity index (χ1n) is 6.30. The summed E-state index contributed by atoms with van der Waals surface area (Å²) >= 11 is 0. The van der Waals surface area contributed by atoms with Crippen molar-refractivity contribution in [2.45, 2.75) is 18.9 Å². The van der Waals surface area contributed by atoms with Crippen LogP contribution in [-0.4, -0.2) is 22.4 Å². The Hall–Kier alpha value is -2.70. The number of aromatic nitrogens is 1. The molecule has 0 saturated carbocycles. The lowest BCUT2D eigenvalue weighted by molar-refractivity contribution is -0.136. The molecule has 2 heterocycles. The second-order valence-electron chi connectivity index (χ2n) is 4.86. The van der Waals surface area contributed by atoms with Crippen LogP contribution in [0.2, 0.25) is 0 Å². The third-order valence-electron chi connectivity index (χ3n) is 3.21. The number of oxime groups is 1. The molecule has 1 aliphatic rings. The van der Waals surface area contributed by atoms with Gasteiger partial charge in [0.05, 0.1) is 5.71 Å². The summed E-state index contributed by atoms with van der Waals surface area (Å²) in [5.41, 5.74) is -0.488.